The molecule has 2 fully saturated rings. The smallest absolute Gasteiger partial charge is 0.255 e. The van der Waals surface area contributed by atoms with Gasteiger partial charge in [0.25, 0.3) is 5.56 Å². The van der Waals surface area contributed by atoms with Crippen LogP contribution in [-0.4, -0.2) is 24.8 Å². The summed E-state index contributed by atoms with van der Waals surface area (Å²) in [4.78, 5) is 16.7. The predicted molar refractivity (Wildman–Crippen MR) is 133 cm³/mol. The number of hydrogen-bond donors (Lipinski definition) is 1. The van der Waals surface area contributed by atoms with Crippen LogP contribution in [0.1, 0.15) is 62.5 Å². The molecule has 2 saturated carbocycles. The Kier molecular flexibility index (Phi) is 4.94. The van der Waals surface area contributed by atoms with Gasteiger partial charge in [-0.05, 0) is 61.4 Å². The molecule has 0 saturated heterocycles. The summed E-state index contributed by atoms with van der Waals surface area (Å²) in [6.45, 7) is 4.44. The van der Waals surface area contributed by atoms with E-state index in [-0.39, 0.29) is 23.0 Å². The number of hydrogen-bond acceptors (Lipinski definition) is 4. The van der Waals surface area contributed by atoms with Gasteiger partial charge in [0.15, 0.2) is 11.5 Å². The predicted octanol–water partition coefficient (Wildman–Crippen LogP) is 6.02. The topological polar surface area (TPSA) is 60.6 Å². The second kappa shape index (κ2) is 7.79. The number of fused-ring (bicyclic) bond motifs is 5. The van der Waals surface area contributed by atoms with Crippen LogP contribution in [0.5, 0.6) is 17.2 Å². The lowest BCUT2D eigenvalue weighted by Gasteiger charge is -2.62. The highest BCUT2D eigenvalue weighted by atomic mass is 16.5. The molecule has 2 heterocycles. The first-order valence-electron chi connectivity index (χ1n) is 12.5. The van der Waals surface area contributed by atoms with Crippen LogP contribution in [0, 0.1) is 17.8 Å². The molecule has 6 rings (SSSR count). The van der Waals surface area contributed by atoms with E-state index in [1.807, 2.05) is 24.3 Å². The van der Waals surface area contributed by atoms with E-state index in [1.165, 1.54) is 31.2 Å². The summed E-state index contributed by atoms with van der Waals surface area (Å²) in [5, 5.41) is 0.985. The standard InChI is InChI=1S/C29H33NO4/c1-29(2)26-23(16-9-5-6-10-16)22(17-13-14-20(32-3)21(15-17)33-4)24(26)25-27(34-29)18-11-7-8-12-19(18)30-28(25)31/h7-8,11-16,22-24,26H,5-6,9-10H2,1-4H3,(H,30,31)/t22-,23-,24+,26+/m1/s1. The van der Waals surface area contributed by atoms with Gasteiger partial charge in [-0.3, -0.25) is 4.79 Å². The first kappa shape index (κ1) is 21.6. The molecule has 2 aromatic carbocycles. The van der Waals surface area contributed by atoms with E-state index in [4.69, 9.17) is 14.2 Å². The number of aromatic nitrogens is 1. The van der Waals surface area contributed by atoms with Crippen LogP contribution < -0.4 is 19.8 Å². The fraction of sp³-hybridized carbons (Fsp3) is 0.483. The van der Waals surface area contributed by atoms with Gasteiger partial charge in [0.2, 0.25) is 0 Å². The number of nitrogens with one attached hydrogen (secondary N) is 1. The molecule has 5 heteroatoms. The van der Waals surface area contributed by atoms with E-state index in [9.17, 15) is 4.79 Å². The SMILES string of the molecule is COc1ccc([C@H]2[C@H]3c4c(c5ccccc5[nH]c4=O)OC(C)(C)[C@H]3[C@@H]2C2CCCC2)cc1OC. The molecule has 34 heavy (non-hydrogen) atoms. The van der Waals surface area contributed by atoms with Gasteiger partial charge in [0, 0.05) is 17.2 Å². The monoisotopic (exact) mass is 459 g/mol. The highest BCUT2D eigenvalue weighted by Gasteiger charge is 2.63. The lowest BCUT2D eigenvalue weighted by molar-refractivity contribution is -0.108. The minimum Gasteiger partial charge on any atom is -0.493 e. The largest absolute Gasteiger partial charge is 0.493 e. The highest BCUT2D eigenvalue weighted by Crippen LogP contribution is 2.68. The maximum atomic E-state index is 13.5. The van der Waals surface area contributed by atoms with E-state index in [0.717, 1.165) is 33.7 Å². The first-order chi connectivity index (χ1) is 16.4. The quantitative estimate of drug-likeness (QED) is 0.518. The molecule has 0 spiro atoms. The van der Waals surface area contributed by atoms with E-state index in [2.05, 4.69) is 37.0 Å². The van der Waals surface area contributed by atoms with E-state index in [0.29, 0.717) is 17.8 Å². The molecular weight excluding hydrogens is 426 g/mol. The highest BCUT2D eigenvalue weighted by molar-refractivity contribution is 5.87. The summed E-state index contributed by atoms with van der Waals surface area (Å²) in [7, 11) is 3.35. The Morgan fingerprint density at radius 3 is 2.44 bits per heavy atom. The number of H-pyrrole nitrogens is 1. The van der Waals surface area contributed by atoms with Crippen LogP contribution in [0.4, 0.5) is 0 Å². The summed E-state index contributed by atoms with van der Waals surface area (Å²) in [5.74, 6) is 4.02. The Labute approximate surface area is 200 Å². The molecule has 0 amide bonds. The fourth-order valence-corrected chi connectivity index (χ4v) is 7.43. The van der Waals surface area contributed by atoms with Gasteiger partial charge in [-0.1, -0.05) is 43.9 Å². The Hall–Kier alpha value is -2.95. The van der Waals surface area contributed by atoms with E-state index >= 15 is 0 Å². The second-order valence-corrected chi connectivity index (χ2v) is 10.8. The van der Waals surface area contributed by atoms with Crippen molar-refractivity contribution in [2.75, 3.05) is 14.2 Å². The number of aromatic amines is 1. The third-order valence-corrected chi connectivity index (χ3v) is 8.75. The van der Waals surface area contributed by atoms with Gasteiger partial charge >= 0.3 is 0 Å². The maximum absolute atomic E-state index is 13.5. The molecule has 0 radical (unpaired) electrons. The van der Waals surface area contributed by atoms with Crippen molar-refractivity contribution < 1.29 is 14.2 Å². The zero-order valence-electron chi connectivity index (χ0n) is 20.4. The van der Waals surface area contributed by atoms with Gasteiger partial charge in [-0.25, -0.2) is 0 Å². The third kappa shape index (κ3) is 3.02. The molecule has 1 aliphatic heterocycles. The molecule has 2 aliphatic carbocycles. The minimum atomic E-state index is -0.353. The van der Waals surface area contributed by atoms with Crippen molar-refractivity contribution in [2.24, 2.45) is 17.8 Å². The molecule has 178 valence electrons. The lowest BCUT2D eigenvalue weighted by atomic mass is 9.44. The maximum Gasteiger partial charge on any atom is 0.255 e. The summed E-state index contributed by atoms with van der Waals surface area (Å²) >= 11 is 0. The van der Waals surface area contributed by atoms with Crippen LogP contribution in [0.2, 0.25) is 0 Å². The van der Waals surface area contributed by atoms with Gasteiger partial charge in [0.1, 0.15) is 11.4 Å². The van der Waals surface area contributed by atoms with Crippen LogP contribution >= 0.6 is 0 Å². The van der Waals surface area contributed by atoms with E-state index in [1.54, 1.807) is 14.2 Å². The number of para-hydroxylation sites is 1. The Balaban J connectivity index is 1.56. The normalized spacial score (nSPS) is 27.4. The molecule has 3 aliphatic rings. The lowest BCUT2D eigenvalue weighted by Crippen LogP contribution is -2.61. The molecule has 4 atom stereocenters. The van der Waals surface area contributed by atoms with Crippen molar-refractivity contribution in [1.29, 1.82) is 0 Å². The van der Waals surface area contributed by atoms with Crippen molar-refractivity contribution in [1.82, 2.24) is 4.98 Å². The zero-order valence-corrected chi connectivity index (χ0v) is 20.4. The summed E-state index contributed by atoms with van der Waals surface area (Å²) in [6, 6.07) is 14.3. The second-order valence-electron chi connectivity index (χ2n) is 10.8. The van der Waals surface area contributed by atoms with Crippen molar-refractivity contribution in [3.8, 4) is 17.2 Å². The first-order valence-corrected chi connectivity index (χ1v) is 12.5. The number of rotatable bonds is 4. The number of pyridine rings is 1. The third-order valence-electron chi connectivity index (χ3n) is 8.75. The Morgan fingerprint density at radius 1 is 0.971 bits per heavy atom. The molecule has 1 N–H and O–H groups in total. The molecular formula is C29H33NO4. The molecule has 3 aromatic rings. The Bertz CT molecular complexity index is 1300. The van der Waals surface area contributed by atoms with Crippen LogP contribution in [-0.2, 0) is 0 Å². The number of benzene rings is 2. The van der Waals surface area contributed by atoms with E-state index < -0.39 is 0 Å². The Morgan fingerprint density at radius 2 is 1.71 bits per heavy atom. The van der Waals surface area contributed by atoms with Crippen molar-refractivity contribution in [2.45, 2.75) is 57.0 Å². The molecule has 1 aromatic heterocycles. The minimum absolute atomic E-state index is 0.0189. The van der Waals surface area contributed by atoms with Gasteiger partial charge in [0.05, 0.1) is 25.3 Å². The molecule has 0 bridgehead atoms. The fourth-order valence-electron chi connectivity index (χ4n) is 7.43. The van der Waals surface area contributed by atoms with Crippen LogP contribution in [0.15, 0.2) is 47.3 Å². The summed E-state index contributed by atoms with van der Waals surface area (Å²) in [6.07, 6.45) is 5.10. The van der Waals surface area contributed by atoms with Crippen LogP contribution in [0.3, 0.4) is 0 Å². The summed E-state index contributed by atoms with van der Waals surface area (Å²) < 4.78 is 17.9. The average Bonchev–Trinajstić information content (AvgIpc) is 3.33. The number of methoxy groups -OCH3 is 2. The zero-order chi connectivity index (χ0) is 23.6. The van der Waals surface area contributed by atoms with Gasteiger partial charge in [-0.2, -0.15) is 0 Å². The van der Waals surface area contributed by atoms with Crippen molar-refractivity contribution in [3.05, 3.63) is 63.9 Å². The average molecular weight is 460 g/mol. The molecule has 0 unspecified atom stereocenters. The van der Waals surface area contributed by atoms with Crippen molar-refractivity contribution >= 4 is 10.9 Å². The molecule has 5 nitrogen and oxygen atoms in total. The van der Waals surface area contributed by atoms with Gasteiger partial charge < -0.3 is 19.2 Å². The summed E-state index contributed by atoms with van der Waals surface area (Å²) in [5.41, 5.74) is 2.50. The van der Waals surface area contributed by atoms with Crippen molar-refractivity contribution in [3.63, 3.8) is 0 Å². The number of ether oxygens (including phenoxy) is 3. The van der Waals surface area contributed by atoms with Gasteiger partial charge in [-0.15, -0.1) is 0 Å². The van der Waals surface area contributed by atoms with Crippen LogP contribution in [0.25, 0.3) is 10.9 Å².